The molecule has 5 rings (SSSR count). The fourth-order valence-corrected chi connectivity index (χ4v) is 4.68. The minimum Gasteiger partial charge on any atom is -0.478 e. The van der Waals surface area contributed by atoms with Gasteiger partial charge in [-0.05, 0) is 56.0 Å². The molecule has 2 aromatic carbocycles. The highest BCUT2D eigenvalue weighted by Gasteiger charge is 2.18. The second-order valence-electron chi connectivity index (χ2n) is 9.06. The van der Waals surface area contributed by atoms with Crippen LogP contribution in [0.4, 0.5) is 5.69 Å². The van der Waals surface area contributed by atoms with E-state index in [9.17, 15) is 9.59 Å². The molecule has 180 valence electrons. The van der Waals surface area contributed by atoms with Crippen LogP contribution in [-0.2, 0) is 0 Å². The van der Waals surface area contributed by atoms with Gasteiger partial charge in [-0.25, -0.2) is 0 Å². The Morgan fingerprint density at radius 2 is 1.80 bits per heavy atom. The van der Waals surface area contributed by atoms with E-state index in [1.165, 1.54) is 17.1 Å². The van der Waals surface area contributed by atoms with Crippen molar-refractivity contribution in [3.8, 4) is 5.88 Å². The average Bonchev–Trinajstić information content (AvgIpc) is 2.88. The van der Waals surface area contributed by atoms with Gasteiger partial charge in [0.2, 0.25) is 11.4 Å². The minimum atomic E-state index is -0.162. The first-order valence-corrected chi connectivity index (χ1v) is 12.2. The van der Waals surface area contributed by atoms with E-state index in [1.807, 2.05) is 24.3 Å². The molecule has 0 saturated carbocycles. The molecule has 1 fully saturated rings. The van der Waals surface area contributed by atoms with Crippen molar-refractivity contribution in [2.75, 3.05) is 44.2 Å². The van der Waals surface area contributed by atoms with E-state index in [0.717, 1.165) is 61.9 Å². The monoisotopic (exact) mass is 470 g/mol. The molecule has 0 unspecified atom stereocenters. The van der Waals surface area contributed by atoms with Crippen molar-refractivity contribution in [3.63, 3.8) is 0 Å². The molecule has 0 amide bonds. The van der Waals surface area contributed by atoms with Crippen LogP contribution in [0, 0.1) is 0 Å². The maximum Gasteiger partial charge on any atom is 0.249 e. The highest BCUT2D eigenvalue weighted by molar-refractivity contribution is 6.01. The zero-order valence-electron chi connectivity index (χ0n) is 20.0. The molecule has 0 spiro atoms. The molecule has 0 aliphatic carbocycles. The largest absolute Gasteiger partial charge is 0.478 e. The number of anilines is 1. The van der Waals surface area contributed by atoms with Gasteiger partial charge in [0.1, 0.15) is 5.65 Å². The first kappa shape index (κ1) is 23.1. The Labute approximate surface area is 204 Å². The Hall–Kier alpha value is -3.71. The van der Waals surface area contributed by atoms with Gasteiger partial charge in [0.05, 0.1) is 6.61 Å². The number of hydrogen-bond donors (Lipinski definition) is 1. The van der Waals surface area contributed by atoms with Crippen LogP contribution >= 0.6 is 0 Å². The van der Waals surface area contributed by atoms with Crippen LogP contribution in [0.2, 0.25) is 0 Å². The average molecular weight is 471 g/mol. The zero-order chi connectivity index (χ0) is 24.2. The summed E-state index contributed by atoms with van der Waals surface area (Å²) in [7, 11) is 0. The Bertz CT molecular complexity index is 1410. The number of carbonyl (C=O) groups is 1. The first-order valence-electron chi connectivity index (χ1n) is 12.2. The van der Waals surface area contributed by atoms with Gasteiger partial charge < -0.3 is 14.6 Å². The number of unbranched alkanes of at least 4 members (excludes halogenated alkanes) is 1. The molecule has 0 radical (unpaired) electrons. The fourth-order valence-electron chi connectivity index (χ4n) is 4.68. The van der Waals surface area contributed by atoms with Gasteiger partial charge in [0.15, 0.2) is 5.78 Å². The van der Waals surface area contributed by atoms with Crippen molar-refractivity contribution in [1.82, 2.24) is 14.9 Å². The number of ether oxygens (including phenoxy) is 1. The maximum absolute atomic E-state index is 11.7. The summed E-state index contributed by atoms with van der Waals surface area (Å²) in [6.07, 6.45) is 2.01. The van der Waals surface area contributed by atoms with Crippen LogP contribution in [0.1, 0.15) is 30.1 Å². The number of pyridine rings is 2. The first-order chi connectivity index (χ1) is 17.1. The standard InChI is InChI=1S/C28H30N4O3/c1-20(33)22-7-10-24-23(19-22)5-4-6-25(24)32-16-14-31(15-17-32)13-2-3-18-35-27-12-9-21-8-11-26(34)29-28(21)30-27/h4-12,19H,2-3,13-18H2,1H3,(H,29,30,34). The lowest BCUT2D eigenvalue weighted by molar-refractivity contribution is 0.101. The summed E-state index contributed by atoms with van der Waals surface area (Å²) in [4.78, 5) is 35.3. The number of benzene rings is 2. The molecule has 3 heterocycles. The third-order valence-corrected chi connectivity index (χ3v) is 6.65. The van der Waals surface area contributed by atoms with Crippen molar-refractivity contribution in [1.29, 1.82) is 0 Å². The summed E-state index contributed by atoms with van der Waals surface area (Å²) in [6, 6.07) is 19.3. The molecule has 35 heavy (non-hydrogen) atoms. The van der Waals surface area contributed by atoms with Crippen molar-refractivity contribution in [3.05, 3.63) is 76.6 Å². The number of aromatic nitrogens is 2. The number of ketones is 1. The molecule has 1 saturated heterocycles. The number of aromatic amines is 1. The molecule has 0 bridgehead atoms. The summed E-state index contributed by atoms with van der Waals surface area (Å²) < 4.78 is 5.80. The van der Waals surface area contributed by atoms with E-state index in [0.29, 0.717) is 18.1 Å². The van der Waals surface area contributed by atoms with Gasteiger partial charge in [-0.2, -0.15) is 4.98 Å². The third-order valence-electron chi connectivity index (χ3n) is 6.65. The minimum absolute atomic E-state index is 0.0983. The van der Waals surface area contributed by atoms with E-state index < -0.39 is 0 Å². The number of carbonyl (C=O) groups excluding carboxylic acids is 1. The quantitative estimate of drug-likeness (QED) is 0.306. The second-order valence-corrected chi connectivity index (χ2v) is 9.06. The van der Waals surface area contributed by atoms with Crippen molar-refractivity contribution in [2.24, 2.45) is 0 Å². The molecule has 1 aliphatic heterocycles. The molecule has 7 nitrogen and oxygen atoms in total. The highest BCUT2D eigenvalue weighted by atomic mass is 16.5. The van der Waals surface area contributed by atoms with Gasteiger partial charge in [-0.15, -0.1) is 0 Å². The van der Waals surface area contributed by atoms with Crippen LogP contribution in [0.15, 0.2) is 65.5 Å². The summed E-state index contributed by atoms with van der Waals surface area (Å²) in [5, 5.41) is 3.21. The van der Waals surface area contributed by atoms with Crippen molar-refractivity contribution in [2.45, 2.75) is 19.8 Å². The molecule has 0 atom stereocenters. The second kappa shape index (κ2) is 10.3. The normalized spacial score (nSPS) is 14.5. The number of H-pyrrole nitrogens is 1. The van der Waals surface area contributed by atoms with Crippen LogP contribution in [0.5, 0.6) is 5.88 Å². The Morgan fingerprint density at radius 1 is 0.971 bits per heavy atom. The smallest absolute Gasteiger partial charge is 0.249 e. The number of rotatable bonds is 8. The van der Waals surface area contributed by atoms with Crippen molar-refractivity contribution < 1.29 is 9.53 Å². The molecule has 1 aliphatic rings. The number of hydrogen-bond acceptors (Lipinski definition) is 6. The molecule has 7 heteroatoms. The molecule has 4 aromatic rings. The topological polar surface area (TPSA) is 78.5 Å². The molecule has 1 N–H and O–H groups in total. The number of nitrogens with zero attached hydrogens (tertiary/aromatic N) is 3. The lowest BCUT2D eigenvalue weighted by Crippen LogP contribution is -2.46. The third kappa shape index (κ3) is 5.35. The summed E-state index contributed by atoms with van der Waals surface area (Å²) in [6.45, 7) is 7.30. The van der Waals surface area contributed by atoms with Gasteiger partial charge in [-0.3, -0.25) is 14.5 Å². The Kier molecular flexibility index (Phi) is 6.77. The van der Waals surface area contributed by atoms with E-state index in [4.69, 9.17) is 4.74 Å². The van der Waals surface area contributed by atoms with E-state index in [-0.39, 0.29) is 11.3 Å². The lowest BCUT2D eigenvalue weighted by Gasteiger charge is -2.36. The molecular weight excluding hydrogens is 440 g/mol. The number of fused-ring (bicyclic) bond motifs is 2. The van der Waals surface area contributed by atoms with E-state index in [1.54, 1.807) is 13.0 Å². The Balaban J connectivity index is 1.08. The zero-order valence-corrected chi connectivity index (χ0v) is 20.0. The van der Waals surface area contributed by atoms with Crippen molar-refractivity contribution >= 4 is 33.3 Å². The van der Waals surface area contributed by atoms with Crippen LogP contribution in [0.25, 0.3) is 21.8 Å². The van der Waals surface area contributed by atoms with Gasteiger partial charge in [-0.1, -0.05) is 24.3 Å². The van der Waals surface area contributed by atoms with Crippen LogP contribution in [-0.4, -0.2) is 60.0 Å². The van der Waals surface area contributed by atoms with Crippen LogP contribution in [0.3, 0.4) is 0 Å². The Morgan fingerprint density at radius 3 is 2.63 bits per heavy atom. The number of piperazine rings is 1. The molecular formula is C28H30N4O3. The lowest BCUT2D eigenvalue weighted by atomic mass is 10.0. The maximum atomic E-state index is 11.7. The van der Waals surface area contributed by atoms with E-state index >= 15 is 0 Å². The highest BCUT2D eigenvalue weighted by Crippen LogP contribution is 2.28. The van der Waals surface area contributed by atoms with Crippen LogP contribution < -0.4 is 15.2 Å². The number of nitrogens with one attached hydrogen (secondary N) is 1. The van der Waals surface area contributed by atoms with Gasteiger partial charge in [0, 0.05) is 60.3 Å². The predicted molar refractivity (Wildman–Crippen MR) is 140 cm³/mol. The predicted octanol–water partition coefficient (Wildman–Crippen LogP) is 4.26. The molecule has 2 aromatic heterocycles. The van der Waals surface area contributed by atoms with E-state index in [2.05, 4.69) is 44.0 Å². The summed E-state index contributed by atoms with van der Waals surface area (Å²) >= 11 is 0. The SMILES string of the molecule is CC(=O)c1ccc2c(N3CCN(CCCCOc4ccc5ccc(=O)[nH]c5n4)CC3)cccc2c1. The fraction of sp³-hybridized carbons (Fsp3) is 0.321. The van der Waals surface area contributed by atoms with Gasteiger partial charge >= 0.3 is 0 Å². The summed E-state index contributed by atoms with van der Waals surface area (Å²) in [5.74, 6) is 0.639. The van der Waals surface area contributed by atoms with Gasteiger partial charge in [0.25, 0.3) is 0 Å². The summed E-state index contributed by atoms with van der Waals surface area (Å²) in [5.41, 5.74) is 2.40. The number of Topliss-reactive ketones (excluding diaryl/α,β-unsaturated/α-hetero) is 1.